The van der Waals surface area contributed by atoms with E-state index in [2.05, 4.69) is 40.8 Å². The van der Waals surface area contributed by atoms with E-state index in [1.54, 1.807) is 0 Å². The summed E-state index contributed by atoms with van der Waals surface area (Å²) in [7, 11) is 0. The zero-order valence-corrected chi connectivity index (χ0v) is 8.37. The van der Waals surface area contributed by atoms with Crippen molar-refractivity contribution >= 4 is 5.69 Å². The first-order valence-corrected chi connectivity index (χ1v) is 5.54. The third-order valence-corrected chi connectivity index (χ3v) is 3.39. The van der Waals surface area contributed by atoms with Gasteiger partial charge in [-0.3, -0.25) is 5.01 Å². The lowest BCUT2D eigenvalue weighted by atomic mass is 9.92. The predicted molar refractivity (Wildman–Crippen MR) is 57.9 cm³/mol. The van der Waals surface area contributed by atoms with E-state index in [9.17, 15) is 0 Å². The second-order valence-electron chi connectivity index (χ2n) is 4.38. The van der Waals surface area contributed by atoms with Gasteiger partial charge in [0.15, 0.2) is 0 Å². The molecule has 0 atom stereocenters. The SMILES string of the molecule is c1ccc(N2NC23CCCCC3)cc1. The van der Waals surface area contributed by atoms with Gasteiger partial charge in [0.25, 0.3) is 0 Å². The summed E-state index contributed by atoms with van der Waals surface area (Å²) in [6.45, 7) is 0. The number of nitrogens with one attached hydrogen (secondary N) is 1. The molecule has 2 heteroatoms. The summed E-state index contributed by atoms with van der Waals surface area (Å²) in [4.78, 5) is 0. The van der Waals surface area contributed by atoms with Crippen molar-refractivity contribution in [2.45, 2.75) is 37.8 Å². The fraction of sp³-hybridized carbons (Fsp3) is 0.500. The third-order valence-electron chi connectivity index (χ3n) is 3.39. The molecule has 1 aliphatic heterocycles. The van der Waals surface area contributed by atoms with Gasteiger partial charge in [-0.15, -0.1) is 0 Å². The minimum absolute atomic E-state index is 0.333. The zero-order chi connectivity index (χ0) is 9.43. The first-order chi connectivity index (χ1) is 6.91. The smallest absolute Gasteiger partial charge is 0.123 e. The molecule has 1 heterocycles. The van der Waals surface area contributed by atoms with E-state index < -0.39 is 0 Å². The molecule has 0 radical (unpaired) electrons. The van der Waals surface area contributed by atoms with Gasteiger partial charge in [0.05, 0.1) is 5.69 Å². The van der Waals surface area contributed by atoms with Crippen LogP contribution in [0.5, 0.6) is 0 Å². The average Bonchev–Trinajstić information content (AvgIpc) is 2.95. The Balaban J connectivity index is 1.78. The summed E-state index contributed by atoms with van der Waals surface area (Å²) in [6, 6.07) is 10.6. The number of rotatable bonds is 1. The Kier molecular flexibility index (Phi) is 1.77. The summed E-state index contributed by atoms with van der Waals surface area (Å²) in [5, 5.41) is 2.34. The molecule has 0 unspecified atom stereocenters. The van der Waals surface area contributed by atoms with Gasteiger partial charge in [-0.05, 0) is 37.8 Å². The minimum Gasteiger partial charge on any atom is -0.284 e. The van der Waals surface area contributed by atoms with Gasteiger partial charge in [0, 0.05) is 0 Å². The van der Waals surface area contributed by atoms with Crippen LogP contribution in [0, 0.1) is 0 Å². The number of hydrogen-bond donors (Lipinski definition) is 1. The number of benzene rings is 1. The molecule has 1 spiro atoms. The lowest BCUT2D eigenvalue weighted by molar-refractivity contribution is 0.407. The van der Waals surface area contributed by atoms with Gasteiger partial charge in [0.1, 0.15) is 5.66 Å². The van der Waals surface area contributed by atoms with Gasteiger partial charge in [-0.2, -0.15) is 0 Å². The quantitative estimate of drug-likeness (QED) is 0.685. The molecule has 1 aliphatic carbocycles. The van der Waals surface area contributed by atoms with Crippen LogP contribution in [0.25, 0.3) is 0 Å². The highest BCUT2D eigenvalue weighted by Crippen LogP contribution is 2.42. The van der Waals surface area contributed by atoms with E-state index in [0.717, 1.165) is 0 Å². The maximum absolute atomic E-state index is 3.53. The van der Waals surface area contributed by atoms with Crippen LogP contribution in [0.2, 0.25) is 0 Å². The topological polar surface area (TPSA) is 25.0 Å². The van der Waals surface area contributed by atoms with E-state index in [1.165, 1.54) is 37.8 Å². The highest BCUT2D eigenvalue weighted by Gasteiger charge is 2.51. The second-order valence-corrected chi connectivity index (χ2v) is 4.38. The fourth-order valence-electron chi connectivity index (χ4n) is 2.54. The van der Waals surface area contributed by atoms with Crippen molar-refractivity contribution in [3.8, 4) is 0 Å². The molecule has 3 rings (SSSR count). The Labute approximate surface area is 84.9 Å². The van der Waals surface area contributed by atoms with E-state index in [-0.39, 0.29) is 0 Å². The molecular formula is C12H16N2. The maximum Gasteiger partial charge on any atom is 0.123 e. The molecule has 0 amide bonds. The summed E-state index contributed by atoms with van der Waals surface area (Å²) in [5.74, 6) is 0. The summed E-state index contributed by atoms with van der Waals surface area (Å²) < 4.78 is 0. The van der Waals surface area contributed by atoms with Crippen LogP contribution < -0.4 is 10.4 Å². The molecule has 1 saturated heterocycles. The Morgan fingerprint density at radius 1 is 1.00 bits per heavy atom. The van der Waals surface area contributed by atoms with Gasteiger partial charge < -0.3 is 0 Å². The molecule has 14 heavy (non-hydrogen) atoms. The van der Waals surface area contributed by atoms with Crippen molar-refractivity contribution in [2.24, 2.45) is 0 Å². The van der Waals surface area contributed by atoms with E-state index in [4.69, 9.17) is 0 Å². The number of nitrogens with zero attached hydrogens (tertiary/aromatic N) is 1. The number of para-hydroxylation sites is 1. The highest BCUT2D eigenvalue weighted by atomic mass is 15.8. The minimum atomic E-state index is 0.333. The summed E-state index contributed by atoms with van der Waals surface area (Å²) in [6.07, 6.45) is 6.77. The first-order valence-electron chi connectivity index (χ1n) is 5.54. The Morgan fingerprint density at radius 2 is 1.71 bits per heavy atom. The molecule has 2 aliphatic rings. The molecule has 0 aromatic heterocycles. The van der Waals surface area contributed by atoms with Crippen LogP contribution in [0.1, 0.15) is 32.1 Å². The molecular weight excluding hydrogens is 172 g/mol. The third kappa shape index (κ3) is 1.22. The highest BCUT2D eigenvalue weighted by molar-refractivity contribution is 5.53. The van der Waals surface area contributed by atoms with Crippen LogP contribution in [0.4, 0.5) is 5.69 Å². The van der Waals surface area contributed by atoms with Gasteiger partial charge in [-0.25, -0.2) is 5.43 Å². The summed E-state index contributed by atoms with van der Waals surface area (Å²) >= 11 is 0. The standard InChI is InChI=1S/C12H16N2/c1-3-7-11(8-4-1)14-12(13-14)9-5-2-6-10-12/h1,3-4,7-8,13H,2,5-6,9-10H2. The van der Waals surface area contributed by atoms with Crippen molar-refractivity contribution in [1.82, 2.24) is 5.43 Å². The van der Waals surface area contributed by atoms with Crippen LogP contribution in [0.3, 0.4) is 0 Å². The molecule has 1 aromatic carbocycles. The second kappa shape index (κ2) is 2.99. The van der Waals surface area contributed by atoms with Crippen LogP contribution in [-0.4, -0.2) is 5.66 Å². The van der Waals surface area contributed by atoms with E-state index >= 15 is 0 Å². The average molecular weight is 188 g/mol. The van der Waals surface area contributed by atoms with E-state index in [1.807, 2.05) is 0 Å². The van der Waals surface area contributed by atoms with Gasteiger partial charge in [0.2, 0.25) is 0 Å². The molecule has 74 valence electrons. The van der Waals surface area contributed by atoms with Crippen LogP contribution >= 0.6 is 0 Å². The van der Waals surface area contributed by atoms with Crippen LogP contribution in [0.15, 0.2) is 30.3 Å². The normalized spacial score (nSPS) is 23.9. The summed E-state index contributed by atoms with van der Waals surface area (Å²) in [5.41, 5.74) is 5.18. The fourth-order valence-corrected chi connectivity index (χ4v) is 2.54. The molecule has 1 aromatic rings. The van der Waals surface area contributed by atoms with Crippen molar-refractivity contribution in [2.75, 3.05) is 5.01 Å². The number of hydrazine groups is 1. The number of anilines is 1. The van der Waals surface area contributed by atoms with Crippen LogP contribution in [-0.2, 0) is 0 Å². The van der Waals surface area contributed by atoms with Crippen molar-refractivity contribution in [3.05, 3.63) is 30.3 Å². The Hall–Kier alpha value is -1.02. The van der Waals surface area contributed by atoms with Gasteiger partial charge in [-0.1, -0.05) is 24.6 Å². The lowest BCUT2D eigenvalue weighted by Crippen LogP contribution is -2.22. The Bertz CT molecular complexity index is 314. The molecule has 1 saturated carbocycles. The van der Waals surface area contributed by atoms with Crippen molar-refractivity contribution in [3.63, 3.8) is 0 Å². The first kappa shape index (κ1) is 8.30. The predicted octanol–water partition coefficient (Wildman–Crippen LogP) is 2.67. The Morgan fingerprint density at radius 3 is 2.43 bits per heavy atom. The van der Waals surface area contributed by atoms with Crippen molar-refractivity contribution in [1.29, 1.82) is 0 Å². The van der Waals surface area contributed by atoms with Gasteiger partial charge >= 0.3 is 0 Å². The largest absolute Gasteiger partial charge is 0.284 e. The van der Waals surface area contributed by atoms with Crippen molar-refractivity contribution < 1.29 is 0 Å². The maximum atomic E-state index is 3.53. The molecule has 1 N–H and O–H groups in total. The molecule has 2 nitrogen and oxygen atoms in total. The zero-order valence-electron chi connectivity index (χ0n) is 8.37. The molecule has 0 bridgehead atoms. The number of hydrogen-bond acceptors (Lipinski definition) is 2. The molecule has 2 fully saturated rings. The monoisotopic (exact) mass is 188 g/mol. The lowest BCUT2D eigenvalue weighted by Gasteiger charge is -2.19. The van der Waals surface area contributed by atoms with E-state index in [0.29, 0.717) is 5.66 Å².